The molecule has 0 bridgehead atoms. The van der Waals surface area contributed by atoms with Crippen LogP contribution in [0.2, 0.25) is 10.0 Å². The number of amides is 1. The normalized spacial score (nSPS) is 21.8. The Hall–Kier alpha value is -0.970. The van der Waals surface area contributed by atoms with Crippen LogP contribution in [0.3, 0.4) is 0 Å². The van der Waals surface area contributed by atoms with Crippen molar-refractivity contribution < 1.29 is 14.6 Å². The van der Waals surface area contributed by atoms with Crippen molar-refractivity contribution in [3.05, 3.63) is 28.2 Å². The summed E-state index contributed by atoms with van der Waals surface area (Å²) in [5, 5.41) is 13.0. The summed E-state index contributed by atoms with van der Waals surface area (Å²) in [6, 6.07) is 4.85. The molecule has 110 valence electrons. The molecule has 1 aromatic carbocycles. The summed E-state index contributed by atoms with van der Waals surface area (Å²) < 4.78 is 5.37. The average molecular weight is 318 g/mol. The van der Waals surface area contributed by atoms with Crippen LogP contribution in [0.1, 0.15) is 19.3 Å². The van der Waals surface area contributed by atoms with Crippen LogP contribution in [0.25, 0.3) is 0 Å². The minimum atomic E-state index is -0.202. The van der Waals surface area contributed by atoms with Crippen LogP contribution in [-0.2, 0) is 4.79 Å². The summed E-state index contributed by atoms with van der Waals surface area (Å²) in [6.07, 6.45) is 2.88. The molecule has 0 saturated heterocycles. The van der Waals surface area contributed by atoms with Crippen LogP contribution < -0.4 is 10.1 Å². The number of aliphatic hydroxyl groups excluding tert-OH is 1. The van der Waals surface area contributed by atoms with Crippen molar-refractivity contribution in [1.29, 1.82) is 0 Å². The average Bonchev–Trinajstić information content (AvgIpc) is 2.82. The van der Waals surface area contributed by atoms with Gasteiger partial charge in [0.25, 0.3) is 5.91 Å². The Morgan fingerprint density at radius 2 is 2.00 bits per heavy atom. The molecule has 0 spiro atoms. The van der Waals surface area contributed by atoms with Crippen molar-refractivity contribution >= 4 is 29.1 Å². The summed E-state index contributed by atoms with van der Waals surface area (Å²) >= 11 is 11.7. The largest absolute Gasteiger partial charge is 0.484 e. The van der Waals surface area contributed by atoms with Crippen LogP contribution in [0.4, 0.5) is 0 Å². The molecule has 0 aromatic heterocycles. The van der Waals surface area contributed by atoms with Crippen molar-refractivity contribution in [1.82, 2.24) is 5.32 Å². The molecule has 0 aliphatic heterocycles. The maximum absolute atomic E-state index is 11.8. The summed E-state index contributed by atoms with van der Waals surface area (Å²) in [5.41, 5.74) is 0. The second-order valence-electron chi connectivity index (χ2n) is 4.94. The number of nitrogens with one attached hydrogen (secondary N) is 1. The predicted molar refractivity (Wildman–Crippen MR) is 78.3 cm³/mol. The summed E-state index contributed by atoms with van der Waals surface area (Å²) in [7, 11) is 0. The molecular formula is C14H17Cl2NO3. The van der Waals surface area contributed by atoms with E-state index >= 15 is 0 Å². The second kappa shape index (κ2) is 7.16. The molecule has 4 nitrogen and oxygen atoms in total. The van der Waals surface area contributed by atoms with Crippen molar-refractivity contribution in [2.45, 2.75) is 25.3 Å². The maximum atomic E-state index is 11.8. The van der Waals surface area contributed by atoms with Crippen LogP contribution >= 0.6 is 23.2 Å². The Kier molecular flexibility index (Phi) is 5.52. The van der Waals surface area contributed by atoms with Crippen molar-refractivity contribution in [2.24, 2.45) is 5.92 Å². The quantitative estimate of drug-likeness (QED) is 0.877. The third-order valence-electron chi connectivity index (χ3n) is 3.45. The smallest absolute Gasteiger partial charge is 0.258 e. The minimum absolute atomic E-state index is 0.0408. The predicted octanol–water partition coefficient (Wildman–Crippen LogP) is 2.65. The molecule has 1 aliphatic rings. The van der Waals surface area contributed by atoms with Crippen molar-refractivity contribution in [2.75, 3.05) is 13.2 Å². The first-order valence-electron chi connectivity index (χ1n) is 6.57. The van der Waals surface area contributed by atoms with E-state index in [9.17, 15) is 9.90 Å². The molecule has 1 aromatic rings. The fraction of sp³-hybridized carbons (Fsp3) is 0.500. The van der Waals surface area contributed by atoms with Gasteiger partial charge in [0.1, 0.15) is 5.75 Å². The van der Waals surface area contributed by atoms with E-state index in [1.54, 1.807) is 18.2 Å². The second-order valence-corrected chi connectivity index (χ2v) is 5.81. The van der Waals surface area contributed by atoms with E-state index in [1.807, 2.05) is 0 Å². The lowest BCUT2D eigenvalue weighted by molar-refractivity contribution is -0.124. The molecule has 0 heterocycles. The van der Waals surface area contributed by atoms with Gasteiger partial charge in [-0.05, 0) is 31.0 Å². The fourth-order valence-electron chi connectivity index (χ4n) is 2.45. The van der Waals surface area contributed by atoms with E-state index in [4.69, 9.17) is 27.9 Å². The van der Waals surface area contributed by atoms with Crippen molar-refractivity contribution in [3.63, 3.8) is 0 Å². The highest BCUT2D eigenvalue weighted by Crippen LogP contribution is 2.25. The number of aliphatic hydroxyl groups is 1. The monoisotopic (exact) mass is 317 g/mol. The Morgan fingerprint density at radius 3 is 2.65 bits per heavy atom. The zero-order chi connectivity index (χ0) is 14.5. The van der Waals surface area contributed by atoms with Crippen molar-refractivity contribution in [3.8, 4) is 5.75 Å². The molecule has 1 saturated carbocycles. The Bertz CT molecular complexity index is 461. The minimum Gasteiger partial charge on any atom is -0.484 e. The van der Waals surface area contributed by atoms with Crippen LogP contribution in [0, 0.1) is 5.92 Å². The SMILES string of the molecule is O=C(COc1cc(Cl)cc(Cl)c1)N[C@H]1CCC[C@@H]1CO. The molecule has 6 heteroatoms. The first-order chi connectivity index (χ1) is 9.58. The van der Waals surface area contributed by atoms with Gasteiger partial charge in [0.05, 0.1) is 0 Å². The highest BCUT2D eigenvalue weighted by Gasteiger charge is 2.27. The third kappa shape index (κ3) is 4.27. The Labute approximate surface area is 128 Å². The van der Waals surface area contributed by atoms with E-state index in [0.717, 1.165) is 19.3 Å². The van der Waals surface area contributed by atoms with Gasteiger partial charge in [-0.2, -0.15) is 0 Å². The lowest BCUT2D eigenvalue weighted by atomic mass is 10.1. The Morgan fingerprint density at radius 1 is 1.30 bits per heavy atom. The number of hydrogen-bond donors (Lipinski definition) is 2. The van der Waals surface area contributed by atoms with E-state index in [2.05, 4.69) is 5.32 Å². The van der Waals surface area contributed by atoms with Gasteiger partial charge in [-0.3, -0.25) is 4.79 Å². The summed E-state index contributed by atoms with van der Waals surface area (Å²) in [6.45, 7) is 0.0149. The molecule has 20 heavy (non-hydrogen) atoms. The number of halogens is 2. The maximum Gasteiger partial charge on any atom is 0.258 e. The summed E-state index contributed by atoms with van der Waals surface area (Å²) in [4.78, 5) is 11.8. The van der Waals surface area contributed by atoms with E-state index < -0.39 is 0 Å². The number of ether oxygens (including phenoxy) is 1. The van der Waals surface area contributed by atoms with Gasteiger partial charge in [0.2, 0.25) is 0 Å². The zero-order valence-corrected chi connectivity index (χ0v) is 12.5. The molecule has 0 unspecified atom stereocenters. The van der Waals surface area contributed by atoms with Gasteiger partial charge in [0, 0.05) is 28.6 Å². The van der Waals surface area contributed by atoms with E-state index in [1.165, 1.54) is 0 Å². The lowest BCUT2D eigenvalue weighted by Crippen LogP contribution is -2.40. The van der Waals surface area contributed by atoms with Crippen LogP contribution in [0.5, 0.6) is 5.75 Å². The summed E-state index contributed by atoms with van der Waals surface area (Å²) in [5.74, 6) is 0.411. The van der Waals surface area contributed by atoms with E-state index in [0.29, 0.717) is 15.8 Å². The van der Waals surface area contributed by atoms with E-state index in [-0.39, 0.29) is 31.1 Å². The standard InChI is InChI=1S/C14H17Cl2NO3/c15-10-4-11(16)6-12(5-10)20-8-14(19)17-13-3-1-2-9(13)7-18/h4-6,9,13,18H,1-3,7-8H2,(H,17,19)/t9-,13+/m1/s1. The number of hydrogen-bond acceptors (Lipinski definition) is 3. The van der Waals surface area contributed by atoms with Gasteiger partial charge in [-0.15, -0.1) is 0 Å². The lowest BCUT2D eigenvalue weighted by Gasteiger charge is -2.19. The molecule has 2 N–H and O–H groups in total. The number of carbonyl (C=O) groups is 1. The first-order valence-corrected chi connectivity index (χ1v) is 7.33. The van der Waals surface area contributed by atoms with Crippen LogP contribution in [-0.4, -0.2) is 30.3 Å². The molecular weight excluding hydrogens is 301 g/mol. The molecule has 0 radical (unpaired) electrons. The highest BCUT2D eigenvalue weighted by molar-refractivity contribution is 6.34. The molecule has 1 aliphatic carbocycles. The fourth-order valence-corrected chi connectivity index (χ4v) is 2.96. The number of benzene rings is 1. The third-order valence-corrected chi connectivity index (χ3v) is 3.88. The zero-order valence-electron chi connectivity index (χ0n) is 10.9. The number of rotatable bonds is 5. The highest BCUT2D eigenvalue weighted by atomic mass is 35.5. The molecule has 2 rings (SSSR count). The van der Waals surface area contributed by atoms with Gasteiger partial charge < -0.3 is 15.2 Å². The van der Waals surface area contributed by atoms with Gasteiger partial charge in [-0.1, -0.05) is 29.6 Å². The number of carbonyl (C=O) groups excluding carboxylic acids is 1. The van der Waals surface area contributed by atoms with Crippen LogP contribution in [0.15, 0.2) is 18.2 Å². The molecule has 1 amide bonds. The van der Waals surface area contributed by atoms with Gasteiger partial charge in [-0.25, -0.2) is 0 Å². The molecule has 1 fully saturated rings. The first kappa shape index (κ1) is 15.4. The Balaban J connectivity index is 1.83. The molecule has 2 atom stereocenters. The van der Waals surface area contributed by atoms with Gasteiger partial charge in [0.15, 0.2) is 6.61 Å². The topological polar surface area (TPSA) is 58.6 Å². The van der Waals surface area contributed by atoms with Gasteiger partial charge >= 0.3 is 0 Å².